The normalized spacial score (nSPS) is 13.8. The van der Waals surface area contributed by atoms with E-state index in [-0.39, 0.29) is 5.41 Å². The Labute approximate surface area is 110 Å². The van der Waals surface area contributed by atoms with Gasteiger partial charge < -0.3 is 5.11 Å². The molecule has 1 unspecified atom stereocenters. The molecule has 0 amide bonds. The van der Waals surface area contributed by atoms with Crippen LogP contribution < -0.4 is 0 Å². The summed E-state index contributed by atoms with van der Waals surface area (Å²) in [5, 5.41) is 21.1. The standard InChI is InChI=1S/C12H18N4OS/c1-12(2,3)10-7-18-11(14-10)5-9(17)8-6-13-16(4)15-8/h6-7,9,17H,5H2,1-4H3. The summed E-state index contributed by atoms with van der Waals surface area (Å²) in [6.45, 7) is 6.39. The molecule has 0 aliphatic heterocycles. The van der Waals surface area contributed by atoms with Crippen LogP contribution >= 0.6 is 11.3 Å². The third kappa shape index (κ3) is 2.94. The lowest BCUT2D eigenvalue weighted by atomic mass is 9.93. The van der Waals surface area contributed by atoms with E-state index in [4.69, 9.17) is 0 Å². The molecule has 98 valence electrons. The molecule has 0 saturated carbocycles. The summed E-state index contributed by atoms with van der Waals surface area (Å²) < 4.78 is 0. The number of aromatic nitrogens is 4. The smallest absolute Gasteiger partial charge is 0.112 e. The SMILES string of the molecule is Cn1ncc(C(O)Cc2nc(C(C)(C)C)cs2)n1. The Morgan fingerprint density at radius 2 is 2.17 bits per heavy atom. The lowest BCUT2D eigenvalue weighted by molar-refractivity contribution is 0.172. The van der Waals surface area contributed by atoms with Gasteiger partial charge in [0.15, 0.2) is 0 Å². The number of nitrogens with zero attached hydrogens (tertiary/aromatic N) is 4. The fourth-order valence-corrected chi connectivity index (χ4v) is 2.59. The van der Waals surface area contributed by atoms with Gasteiger partial charge >= 0.3 is 0 Å². The Morgan fingerprint density at radius 1 is 1.44 bits per heavy atom. The summed E-state index contributed by atoms with van der Waals surface area (Å²) in [5.41, 5.74) is 1.70. The van der Waals surface area contributed by atoms with Crippen molar-refractivity contribution in [3.05, 3.63) is 28.0 Å². The molecule has 0 aliphatic rings. The molecule has 0 spiro atoms. The minimum absolute atomic E-state index is 0.0479. The summed E-state index contributed by atoms with van der Waals surface area (Å²) in [6, 6.07) is 0. The van der Waals surface area contributed by atoms with Gasteiger partial charge in [0.05, 0.1) is 16.9 Å². The van der Waals surface area contributed by atoms with E-state index >= 15 is 0 Å². The van der Waals surface area contributed by atoms with Gasteiger partial charge in [-0.15, -0.1) is 11.3 Å². The van der Waals surface area contributed by atoms with Gasteiger partial charge in [-0.25, -0.2) is 4.98 Å². The molecule has 2 rings (SSSR count). The maximum absolute atomic E-state index is 10.1. The van der Waals surface area contributed by atoms with E-state index in [9.17, 15) is 5.11 Å². The molecule has 1 atom stereocenters. The second kappa shape index (κ2) is 4.78. The predicted molar refractivity (Wildman–Crippen MR) is 70.5 cm³/mol. The molecule has 6 heteroatoms. The first-order chi connectivity index (χ1) is 8.36. The van der Waals surface area contributed by atoms with Crippen LogP contribution in [0.15, 0.2) is 11.6 Å². The summed E-state index contributed by atoms with van der Waals surface area (Å²) in [7, 11) is 1.73. The van der Waals surface area contributed by atoms with Gasteiger partial charge in [0.25, 0.3) is 0 Å². The van der Waals surface area contributed by atoms with Gasteiger partial charge in [-0.2, -0.15) is 15.0 Å². The van der Waals surface area contributed by atoms with E-state index < -0.39 is 6.10 Å². The molecule has 5 nitrogen and oxygen atoms in total. The van der Waals surface area contributed by atoms with E-state index in [0.29, 0.717) is 12.1 Å². The third-order valence-corrected chi connectivity index (χ3v) is 3.52. The molecule has 18 heavy (non-hydrogen) atoms. The molecule has 2 aromatic heterocycles. The van der Waals surface area contributed by atoms with Crippen molar-refractivity contribution in [1.82, 2.24) is 20.0 Å². The van der Waals surface area contributed by atoms with Crippen molar-refractivity contribution in [1.29, 1.82) is 0 Å². The molecule has 2 aromatic rings. The number of thiazole rings is 1. The first kappa shape index (κ1) is 13.2. The van der Waals surface area contributed by atoms with Gasteiger partial charge in [-0.05, 0) is 0 Å². The van der Waals surface area contributed by atoms with Gasteiger partial charge in [0.1, 0.15) is 11.8 Å². The van der Waals surface area contributed by atoms with E-state index in [1.807, 2.05) is 0 Å². The Hall–Kier alpha value is -1.27. The first-order valence-corrected chi connectivity index (χ1v) is 6.73. The number of rotatable bonds is 3. The molecule has 0 aliphatic carbocycles. The topological polar surface area (TPSA) is 63.8 Å². The zero-order valence-corrected chi connectivity index (χ0v) is 11.9. The Bertz CT molecular complexity index is 526. The minimum Gasteiger partial charge on any atom is -0.386 e. The Morgan fingerprint density at radius 3 is 2.67 bits per heavy atom. The van der Waals surface area contributed by atoms with Crippen LogP contribution in [0.5, 0.6) is 0 Å². The maximum atomic E-state index is 10.1. The van der Waals surface area contributed by atoms with Crippen molar-refractivity contribution in [2.45, 2.75) is 38.7 Å². The number of aryl methyl sites for hydroxylation is 1. The number of aliphatic hydroxyl groups excluding tert-OH is 1. The van der Waals surface area contributed by atoms with Crippen LogP contribution in [0.2, 0.25) is 0 Å². The van der Waals surface area contributed by atoms with Crippen LogP contribution in [0, 0.1) is 0 Å². The fourth-order valence-electron chi connectivity index (χ4n) is 1.53. The highest BCUT2D eigenvalue weighted by Gasteiger charge is 2.19. The monoisotopic (exact) mass is 266 g/mol. The lowest BCUT2D eigenvalue weighted by Gasteiger charge is -2.14. The summed E-state index contributed by atoms with van der Waals surface area (Å²) in [4.78, 5) is 6.00. The number of aliphatic hydroxyl groups is 1. The van der Waals surface area contributed by atoms with Gasteiger partial charge in [0.2, 0.25) is 0 Å². The van der Waals surface area contributed by atoms with Crippen molar-refractivity contribution in [2.75, 3.05) is 0 Å². The molecule has 2 heterocycles. The van der Waals surface area contributed by atoms with Crippen molar-refractivity contribution >= 4 is 11.3 Å². The van der Waals surface area contributed by atoms with Crippen LogP contribution in [-0.4, -0.2) is 25.1 Å². The summed E-state index contributed by atoms with van der Waals surface area (Å²) in [5.74, 6) is 0. The average molecular weight is 266 g/mol. The molecular weight excluding hydrogens is 248 g/mol. The zero-order valence-electron chi connectivity index (χ0n) is 11.1. The molecule has 1 N–H and O–H groups in total. The van der Waals surface area contributed by atoms with E-state index in [1.54, 1.807) is 24.6 Å². The van der Waals surface area contributed by atoms with Crippen LogP contribution in [0.3, 0.4) is 0 Å². The second-order valence-electron chi connectivity index (χ2n) is 5.36. The van der Waals surface area contributed by atoms with Gasteiger partial charge in [-0.3, -0.25) is 0 Å². The van der Waals surface area contributed by atoms with E-state index in [2.05, 4.69) is 41.3 Å². The highest BCUT2D eigenvalue weighted by molar-refractivity contribution is 7.09. The van der Waals surface area contributed by atoms with Crippen molar-refractivity contribution in [3.8, 4) is 0 Å². The summed E-state index contributed by atoms with van der Waals surface area (Å²) in [6.07, 6.45) is 1.43. The Balaban J connectivity index is 2.08. The molecule has 0 saturated heterocycles. The van der Waals surface area contributed by atoms with Crippen molar-refractivity contribution < 1.29 is 5.11 Å². The van der Waals surface area contributed by atoms with Crippen molar-refractivity contribution in [3.63, 3.8) is 0 Å². The molecule has 0 aromatic carbocycles. The summed E-state index contributed by atoms with van der Waals surface area (Å²) >= 11 is 1.58. The largest absolute Gasteiger partial charge is 0.386 e. The zero-order chi connectivity index (χ0) is 13.3. The molecule has 0 radical (unpaired) electrons. The Kier molecular flexibility index (Phi) is 3.49. The van der Waals surface area contributed by atoms with Gasteiger partial charge in [0, 0.05) is 24.3 Å². The molecule has 0 bridgehead atoms. The third-order valence-electron chi connectivity index (χ3n) is 2.65. The lowest BCUT2D eigenvalue weighted by Crippen LogP contribution is -2.12. The average Bonchev–Trinajstić information content (AvgIpc) is 2.85. The van der Waals surface area contributed by atoms with Crippen LogP contribution in [0.4, 0.5) is 0 Å². The van der Waals surface area contributed by atoms with Crippen LogP contribution in [0.1, 0.15) is 43.3 Å². The second-order valence-corrected chi connectivity index (χ2v) is 6.30. The highest BCUT2D eigenvalue weighted by atomic mass is 32.1. The molecule has 0 fully saturated rings. The number of hydrogen-bond donors (Lipinski definition) is 1. The van der Waals surface area contributed by atoms with Crippen LogP contribution in [0.25, 0.3) is 0 Å². The first-order valence-electron chi connectivity index (χ1n) is 5.85. The quantitative estimate of drug-likeness (QED) is 0.920. The minimum atomic E-state index is -0.641. The highest BCUT2D eigenvalue weighted by Crippen LogP contribution is 2.26. The predicted octanol–water partition coefficient (Wildman–Crippen LogP) is 1.85. The van der Waals surface area contributed by atoms with Crippen LogP contribution in [-0.2, 0) is 18.9 Å². The van der Waals surface area contributed by atoms with Crippen molar-refractivity contribution in [2.24, 2.45) is 7.05 Å². The van der Waals surface area contributed by atoms with Gasteiger partial charge in [-0.1, -0.05) is 20.8 Å². The molecular formula is C12H18N4OS. The van der Waals surface area contributed by atoms with E-state index in [1.165, 1.54) is 4.80 Å². The number of hydrogen-bond acceptors (Lipinski definition) is 5. The van der Waals surface area contributed by atoms with E-state index in [0.717, 1.165) is 10.7 Å². The fraction of sp³-hybridized carbons (Fsp3) is 0.583. The maximum Gasteiger partial charge on any atom is 0.112 e.